The van der Waals surface area contributed by atoms with Crippen LogP contribution in [0.1, 0.15) is 36.0 Å². The van der Waals surface area contributed by atoms with Gasteiger partial charge >= 0.3 is 0 Å². The molecule has 6 nitrogen and oxygen atoms in total. The third-order valence-electron chi connectivity index (χ3n) is 2.94. The molecule has 2 aromatic rings. The normalized spacial score (nSPS) is 11.9. The molecule has 0 aliphatic heterocycles. The van der Waals surface area contributed by atoms with Gasteiger partial charge < -0.3 is 9.73 Å². The van der Waals surface area contributed by atoms with Gasteiger partial charge in [-0.1, -0.05) is 0 Å². The second kappa shape index (κ2) is 5.56. The van der Waals surface area contributed by atoms with Gasteiger partial charge in [-0.05, 0) is 38.1 Å². The summed E-state index contributed by atoms with van der Waals surface area (Å²) >= 11 is 0. The number of carbonyl (C=O) groups is 1. The van der Waals surface area contributed by atoms with Crippen LogP contribution in [0.3, 0.4) is 0 Å². The molecule has 104 valence electrons. The van der Waals surface area contributed by atoms with E-state index < -0.39 is 4.92 Å². The van der Waals surface area contributed by atoms with Crippen molar-refractivity contribution < 1.29 is 14.1 Å². The number of nitro benzene ring substituents is 1. The summed E-state index contributed by atoms with van der Waals surface area (Å²) in [6, 6.07) is 7.70. The SMILES string of the molecule is CC(=O)c1ccc(N[C@H](C)c2ccco2)c([N+](=O)[O-])c1. The Kier molecular flexibility index (Phi) is 3.84. The highest BCUT2D eigenvalue weighted by molar-refractivity contribution is 5.95. The van der Waals surface area contributed by atoms with Crippen molar-refractivity contribution >= 4 is 17.2 Å². The van der Waals surface area contributed by atoms with Crippen LogP contribution in [0, 0.1) is 10.1 Å². The van der Waals surface area contributed by atoms with Crippen LogP contribution in [-0.4, -0.2) is 10.7 Å². The Bertz CT molecular complexity index is 635. The maximum atomic E-state index is 11.3. The monoisotopic (exact) mass is 274 g/mol. The number of hydrogen-bond acceptors (Lipinski definition) is 5. The van der Waals surface area contributed by atoms with E-state index in [0.29, 0.717) is 17.0 Å². The fourth-order valence-corrected chi connectivity index (χ4v) is 1.87. The first kappa shape index (κ1) is 13.8. The Morgan fingerprint density at radius 3 is 2.70 bits per heavy atom. The molecule has 1 atom stereocenters. The summed E-state index contributed by atoms with van der Waals surface area (Å²) in [5, 5.41) is 14.1. The number of ketones is 1. The lowest BCUT2D eigenvalue weighted by molar-refractivity contribution is -0.384. The predicted octanol–water partition coefficient (Wildman–Crippen LogP) is 3.56. The number of nitro groups is 1. The van der Waals surface area contributed by atoms with Gasteiger partial charge in [0.15, 0.2) is 5.78 Å². The molecule has 1 N–H and O–H groups in total. The number of benzene rings is 1. The highest BCUT2D eigenvalue weighted by atomic mass is 16.6. The Labute approximate surface area is 115 Å². The van der Waals surface area contributed by atoms with Gasteiger partial charge in [-0.2, -0.15) is 0 Å². The van der Waals surface area contributed by atoms with E-state index in [2.05, 4.69) is 5.32 Å². The molecule has 1 heterocycles. The highest BCUT2D eigenvalue weighted by Gasteiger charge is 2.18. The quantitative estimate of drug-likeness (QED) is 0.511. The van der Waals surface area contributed by atoms with E-state index in [-0.39, 0.29) is 17.5 Å². The maximum Gasteiger partial charge on any atom is 0.293 e. The second-order valence-electron chi connectivity index (χ2n) is 4.43. The van der Waals surface area contributed by atoms with Gasteiger partial charge in [0.05, 0.1) is 17.2 Å². The molecule has 0 aliphatic rings. The summed E-state index contributed by atoms with van der Waals surface area (Å²) in [5.74, 6) is 0.466. The first-order chi connectivity index (χ1) is 9.49. The molecule has 0 aliphatic carbocycles. The molecule has 0 radical (unpaired) electrons. The third kappa shape index (κ3) is 2.85. The largest absolute Gasteiger partial charge is 0.467 e. The minimum Gasteiger partial charge on any atom is -0.467 e. The zero-order valence-corrected chi connectivity index (χ0v) is 11.1. The zero-order chi connectivity index (χ0) is 14.7. The molecule has 2 rings (SSSR count). The van der Waals surface area contributed by atoms with Crippen LogP contribution >= 0.6 is 0 Å². The molecule has 0 fully saturated rings. The summed E-state index contributed by atoms with van der Waals surface area (Å²) in [7, 11) is 0. The molecule has 0 saturated carbocycles. The molecular formula is C14H14N2O4. The summed E-state index contributed by atoms with van der Waals surface area (Å²) in [5.41, 5.74) is 0.535. The Morgan fingerprint density at radius 1 is 1.40 bits per heavy atom. The van der Waals surface area contributed by atoms with Gasteiger partial charge in [-0.15, -0.1) is 0 Å². The lowest BCUT2D eigenvalue weighted by Crippen LogP contribution is -2.08. The number of nitrogens with zero attached hydrogens (tertiary/aromatic N) is 1. The number of rotatable bonds is 5. The van der Waals surface area contributed by atoms with Crippen LogP contribution in [0.15, 0.2) is 41.0 Å². The van der Waals surface area contributed by atoms with Crippen molar-refractivity contribution in [1.82, 2.24) is 0 Å². The smallest absolute Gasteiger partial charge is 0.293 e. The average molecular weight is 274 g/mol. The van der Waals surface area contributed by atoms with Crippen molar-refractivity contribution in [3.05, 3.63) is 58.0 Å². The standard InChI is InChI=1S/C14H14N2O4/c1-9(14-4-3-7-20-14)15-12-6-5-11(10(2)17)8-13(12)16(18)19/h3-9,15H,1-2H3/t9-/m1/s1. The number of hydrogen-bond donors (Lipinski definition) is 1. The van der Waals surface area contributed by atoms with Crippen LogP contribution in [0.5, 0.6) is 0 Å². The average Bonchev–Trinajstić information content (AvgIpc) is 2.92. The van der Waals surface area contributed by atoms with E-state index in [0.717, 1.165) is 0 Å². The van der Waals surface area contributed by atoms with Gasteiger partial charge in [0.1, 0.15) is 11.4 Å². The summed E-state index contributed by atoms with van der Waals surface area (Å²) in [6.07, 6.45) is 1.54. The van der Waals surface area contributed by atoms with E-state index in [1.165, 1.54) is 19.1 Å². The predicted molar refractivity (Wildman–Crippen MR) is 73.8 cm³/mol. The third-order valence-corrected chi connectivity index (χ3v) is 2.94. The van der Waals surface area contributed by atoms with E-state index in [9.17, 15) is 14.9 Å². The summed E-state index contributed by atoms with van der Waals surface area (Å²) in [6.45, 7) is 3.21. The Balaban J connectivity index is 2.31. The number of furan rings is 1. The van der Waals surface area contributed by atoms with Crippen LogP contribution in [0.4, 0.5) is 11.4 Å². The molecular weight excluding hydrogens is 260 g/mol. The van der Waals surface area contributed by atoms with Gasteiger partial charge in [-0.3, -0.25) is 14.9 Å². The zero-order valence-electron chi connectivity index (χ0n) is 11.1. The van der Waals surface area contributed by atoms with Gasteiger partial charge in [0.2, 0.25) is 0 Å². The fourth-order valence-electron chi connectivity index (χ4n) is 1.87. The topological polar surface area (TPSA) is 85.4 Å². The number of Topliss-reactive ketones (excluding diaryl/α,β-unsaturated/α-hetero) is 1. The minimum atomic E-state index is -0.510. The summed E-state index contributed by atoms with van der Waals surface area (Å²) in [4.78, 5) is 21.9. The minimum absolute atomic E-state index is 0.129. The molecule has 0 saturated heterocycles. The fraction of sp³-hybridized carbons (Fsp3) is 0.214. The highest BCUT2D eigenvalue weighted by Crippen LogP contribution is 2.29. The lowest BCUT2D eigenvalue weighted by atomic mass is 10.1. The van der Waals surface area contributed by atoms with Crippen LogP contribution in [0.2, 0.25) is 0 Å². The molecule has 1 aromatic heterocycles. The number of carbonyl (C=O) groups excluding carboxylic acids is 1. The van der Waals surface area contributed by atoms with Crippen LogP contribution in [0.25, 0.3) is 0 Å². The van der Waals surface area contributed by atoms with Gasteiger partial charge in [-0.25, -0.2) is 0 Å². The van der Waals surface area contributed by atoms with E-state index in [1.54, 1.807) is 24.5 Å². The number of nitrogens with one attached hydrogen (secondary N) is 1. The van der Waals surface area contributed by atoms with E-state index in [4.69, 9.17) is 4.42 Å². The first-order valence-corrected chi connectivity index (χ1v) is 6.08. The van der Waals surface area contributed by atoms with E-state index >= 15 is 0 Å². The van der Waals surface area contributed by atoms with Crippen molar-refractivity contribution in [3.8, 4) is 0 Å². The number of anilines is 1. The Morgan fingerprint density at radius 2 is 2.15 bits per heavy atom. The Hall–Kier alpha value is -2.63. The molecule has 0 unspecified atom stereocenters. The van der Waals surface area contributed by atoms with Gasteiger partial charge in [0, 0.05) is 11.6 Å². The maximum absolute atomic E-state index is 11.3. The summed E-state index contributed by atoms with van der Waals surface area (Å²) < 4.78 is 5.24. The van der Waals surface area contributed by atoms with Crippen LogP contribution < -0.4 is 5.32 Å². The molecule has 6 heteroatoms. The molecule has 0 bridgehead atoms. The van der Waals surface area contributed by atoms with Crippen molar-refractivity contribution in [3.63, 3.8) is 0 Å². The van der Waals surface area contributed by atoms with Gasteiger partial charge in [0.25, 0.3) is 5.69 Å². The van der Waals surface area contributed by atoms with Crippen molar-refractivity contribution in [1.29, 1.82) is 0 Å². The lowest BCUT2D eigenvalue weighted by Gasteiger charge is -2.13. The van der Waals surface area contributed by atoms with Crippen LogP contribution in [-0.2, 0) is 0 Å². The van der Waals surface area contributed by atoms with Crippen molar-refractivity contribution in [2.24, 2.45) is 0 Å². The second-order valence-corrected chi connectivity index (χ2v) is 4.43. The van der Waals surface area contributed by atoms with Crippen molar-refractivity contribution in [2.45, 2.75) is 19.9 Å². The molecule has 20 heavy (non-hydrogen) atoms. The van der Waals surface area contributed by atoms with E-state index in [1.807, 2.05) is 6.92 Å². The first-order valence-electron chi connectivity index (χ1n) is 6.08. The molecule has 0 amide bonds. The molecule has 0 spiro atoms. The molecule has 1 aromatic carbocycles. The van der Waals surface area contributed by atoms with Crippen molar-refractivity contribution in [2.75, 3.05) is 5.32 Å².